The fraction of sp³-hybridized carbons (Fsp3) is 0.286. The summed E-state index contributed by atoms with van der Waals surface area (Å²) >= 11 is 0. The lowest BCUT2D eigenvalue weighted by Gasteiger charge is -2.11. The molecule has 0 bridgehead atoms. The maximum atomic E-state index is 9.35. The third-order valence-electron chi connectivity index (χ3n) is 2.76. The molecule has 100 valence electrons. The van der Waals surface area contributed by atoms with Crippen LogP contribution in [0.5, 0.6) is 5.75 Å². The van der Waals surface area contributed by atoms with Crippen molar-refractivity contribution in [1.29, 1.82) is 0 Å². The van der Waals surface area contributed by atoms with Gasteiger partial charge in [-0.1, -0.05) is 6.92 Å². The Hall–Kier alpha value is -2.14. The number of aromatic nitrogens is 2. The van der Waals surface area contributed by atoms with E-state index in [0.29, 0.717) is 13.1 Å². The zero-order chi connectivity index (χ0) is 13.7. The van der Waals surface area contributed by atoms with Gasteiger partial charge in [0.05, 0.1) is 17.6 Å². The maximum absolute atomic E-state index is 9.35. The molecule has 0 saturated heterocycles. The quantitative estimate of drug-likeness (QED) is 0.761. The van der Waals surface area contributed by atoms with Crippen molar-refractivity contribution in [3.05, 3.63) is 36.3 Å². The second-order valence-electron chi connectivity index (χ2n) is 4.16. The van der Waals surface area contributed by atoms with Gasteiger partial charge in [0.2, 0.25) is 0 Å². The summed E-state index contributed by atoms with van der Waals surface area (Å²) in [6, 6.07) is 6.97. The summed E-state index contributed by atoms with van der Waals surface area (Å²) < 4.78 is 0. The van der Waals surface area contributed by atoms with Gasteiger partial charge in [0, 0.05) is 25.1 Å². The van der Waals surface area contributed by atoms with Crippen LogP contribution in [-0.2, 0) is 6.42 Å². The number of phenolic OH excluding ortho intramolecular Hbond substituents is 1. The van der Waals surface area contributed by atoms with Crippen molar-refractivity contribution < 1.29 is 5.11 Å². The standard InChI is InChI=1S/C14H18N4O/c1-2-13-17-9-12(16-8-7-15)14(18-13)10-3-5-11(19)6-4-10/h3-6,9,16,19H,2,7-8,15H2,1H3. The van der Waals surface area contributed by atoms with Crippen LogP contribution >= 0.6 is 0 Å². The van der Waals surface area contributed by atoms with Gasteiger partial charge in [-0.15, -0.1) is 0 Å². The minimum atomic E-state index is 0.241. The molecular formula is C14H18N4O. The summed E-state index contributed by atoms with van der Waals surface area (Å²) in [5.41, 5.74) is 8.13. The largest absolute Gasteiger partial charge is 0.508 e. The second kappa shape index (κ2) is 6.15. The van der Waals surface area contributed by atoms with Gasteiger partial charge in [0.1, 0.15) is 11.6 Å². The number of phenols is 1. The first-order valence-corrected chi connectivity index (χ1v) is 6.34. The normalized spacial score (nSPS) is 10.4. The number of rotatable bonds is 5. The van der Waals surface area contributed by atoms with Crippen LogP contribution in [0, 0.1) is 0 Å². The van der Waals surface area contributed by atoms with Crippen LogP contribution in [0.1, 0.15) is 12.7 Å². The van der Waals surface area contributed by atoms with E-state index in [0.717, 1.165) is 29.2 Å². The molecule has 0 amide bonds. The zero-order valence-corrected chi connectivity index (χ0v) is 10.9. The molecule has 2 aromatic rings. The average Bonchev–Trinajstić information content (AvgIpc) is 2.46. The minimum Gasteiger partial charge on any atom is -0.508 e. The molecular weight excluding hydrogens is 240 g/mol. The molecule has 1 aromatic carbocycles. The molecule has 1 heterocycles. The van der Waals surface area contributed by atoms with Crippen molar-refractivity contribution in [2.45, 2.75) is 13.3 Å². The molecule has 5 nitrogen and oxygen atoms in total. The lowest BCUT2D eigenvalue weighted by Crippen LogP contribution is -2.14. The van der Waals surface area contributed by atoms with Crippen LogP contribution in [-0.4, -0.2) is 28.2 Å². The van der Waals surface area contributed by atoms with Crippen LogP contribution in [0.2, 0.25) is 0 Å². The molecule has 1 aromatic heterocycles. The monoisotopic (exact) mass is 258 g/mol. The van der Waals surface area contributed by atoms with Crippen molar-refractivity contribution in [3.8, 4) is 17.0 Å². The van der Waals surface area contributed by atoms with E-state index >= 15 is 0 Å². The highest BCUT2D eigenvalue weighted by atomic mass is 16.3. The van der Waals surface area contributed by atoms with Gasteiger partial charge in [-0.05, 0) is 24.3 Å². The summed E-state index contributed by atoms with van der Waals surface area (Å²) in [6.07, 6.45) is 2.56. The van der Waals surface area contributed by atoms with Crippen molar-refractivity contribution in [1.82, 2.24) is 9.97 Å². The van der Waals surface area contributed by atoms with E-state index in [-0.39, 0.29) is 5.75 Å². The molecule has 2 rings (SSSR count). The first kappa shape index (κ1) is 13.3. The Labute approximate surface area is 112 Å². The number of nitrogens with two attached hydrogens (primary N) is 1. The van der Waals surface area contributed by atoms with Gasteiger partial charge in [-0.3, -0.25) is 0 Å². The number of hydrogen-bond acceptors (Lipinski definition) is 5. The van der Waals surface area contributed by atoms with Gasteiger partial charge in [-0.2, -0.15) is 0 Å². The smallest absolute Gasteiger partial charge is 0.128 e. The summed E-state index contributed by atoms with van der Waals surface area (Å²) in [5, 5.41) is 12.6. The molecule has 0 unspecified atom stereocenters. The predicted octanol–water partition coefficient (Wildman–Crippen LogP) is 1.78. The number of anilines is 1. The van der Waals surface area contributed by atoms with E-state index in [2.05, 4.69) is 15.3 Å². The van der Waals surface area contributed by atoms with E-state index in [1.54, 1.807) is 18.3 Å². The highest BCUT2D eigenvalue weighted by Gasteiger charge is 2.08. The van der Waals surface area contributed by atoms with Crippen LogP contribution in [0.4, 0.5) is 5.69 Å². The van der Waals surface area contributed by atoms with Crippen LogP contribution in [0.25, 0.3) is 11.3 Å². The fourth-order valence-corrected chi connectivity index (χ4v) is 1.76. The Bertz CT molecular complexity index is 540. The number of hydrogen-bond donors (Lipinski definition) is 3. The molecule has 5 heteroatoms. The van der Waals surface area contributed by atoms with Crippen LogP contribution in [0.3, 0.4) is 0 Å². The van der Waals surface area contributed by atoms with E-state index in [9.17, 15) is 5.11 Å². The van der Waals surface area contributed by atoms with Gasteiger partial charge in [0.15, 0.2) is 0 Å². The number of benzene rings is 1. The molecule has 4 N–H and O–H groups in total. The Kier molecular flexibility index (Phi) is 4.30. The lowest BCUT2D eigenvalue weighted by atomic mass is 10.1. The van der Waals surface area contributed by atoms with Crippen molar-refractivity contribution >= 4 is 5.69 Å². The van der Waals surface area contributed by atoms with Crippen molar-refractivity contribution in [2.75, 3.05) is 18.4 Å². The molecule has 0 atom stereocenters. The van der Waals surface area contributed by atoms with E-state index in [1.807, 2.05) is 19.1 Å². The first-order valence-electron chi connectivity index (χ1n) is 6.34. The second-order valence-corrected chi connectivity index (χ2v) is 4.16. The molecule has 0 radical (unpaired) electrons. The molecule has 0 fully saturated rings. The number of aromatic hydroxyl groups is 1. The molecule has 0 saturated carbocycles. The maximum Gasteiger partial charge on any atom is 0.128 e. The zero-order valence-electron chi connectivity index (χ0n) is 10.9. The van der Waals surface area contributed by atoms with E-state index in [4.69, 9.17) is 5.73 Å². The SMILES string of the molecule is CCc1ncc(NCCN)c(-c2ccc(O)cc2)n1. The molecule has 0 aliphatic carbocycles. The third kappa shape index (κ3) is 3.20. The first-order chi connectivity index (χ1) is 9.24. The highest BCUT2D eigenvalue weighted by Crippen LogP contribution is 2.26. The summed E-state index contributed by atoms with van der Waals surface area (Å²) in [6.45, 7) is 3.23. The lowest BCUT2D eigenvalue weighted by molar-refractivity contribution is 0.475. The summed E-state index contributed by atoms with van der Waals surface area (Å²) in [5.74, 6) is 1.03. The van der Waals surface area contributed by atoms with Crippen LogP contribution in [0.15, 0.2) is 30.5 Å². The van der Waals surface area contributed by atoms with Gasteiger partial charge in [0.25, 0.3) is 0 Å². The Balaban J connectivity index is 2.42. The molecule has 19 heavy (non-hydrogen) atoms. The average molecular weight is 258 g/mol. The molecule has 0 spiro atoms. The fourth-order valence-electron chi connectivity index (χ4n) is 1.76. The van der Waals surface area contributed by atoms with Crippen molar-refractivity contribution in [3.63, 3.8) is 0 Å². The summed E-state index contributed by atoms with van der Waals surface area (Å²) in [7, 11) is 0. The number of nitrogens with zero attached hydrogens (tertiary/aromatic N) is 2. The van der Waals surface area contributed by atoms with Gasteiger partial charge >= 0.3 is 0 Å². The topological polar surface area (TPSA) is 84.1 Å². The summed E-state index contributed by atoms with van der Waals surface area (Å²) in [4.78, 5) is 8.84. The highest BCUT2D eigenvalue weighted by molar-refractivity contribution is 5.73. The number of aryl methyl sites for hydroxylation is 1. The van der Waals surface area contributed by atoms with Gasteiger partial charge < -0.3 is 16.2 Å². The Morgan fingerprint density at radius 1 is 1.26 bits per heavy atom. The Morgan fingerprint density at radius 3 is 2.63 bits per heavy atom. The van der Waals surface area contributed by atoms with Crippen LogP contribution < -0.4 is 11.1 Å². The minimum absolute atomic E-state index is 0.241. The predicted molar refractivity (Wildman–Crippen MR) is 76.1 cm³/mol. The molecule has 0 aliphatic rings. The van der Waals surface area contributed by atoms with E-state index in [1.165, 1.54) is 0 Å². The molecule has 0 aliphatic heterocycles. The van der Waals surface area contributed by atoms with E-state index < -0.39 is 0 Å². The Morgan fingerprint density at radius 2 is 2.00 bits per heavy atom. The third-order valence-corrected chi connectivity index (χ3v) is 2.76. The number of nitrogens with one attached hydrogen (secondary N) is 1. The van der Waals surface area contributed by atoms with Gasteiger partial charge in [-0.25, -0.2) is 9.97 Å². The van der Waals surface area contributed by atoms with Crippen molar-refractivity contribution in [2.24, 2.45) is 5.73 Å².